The smallest absolute Gasteiger partial charge is 0.196 e. The average molecular weight is 503 g/mol. The molecule has 3 aromatic heterocycles. The van der Waals surface area contributed by atoms with Gasteiger partial charge in [0.15, 0.2) is 28.4 Å². The Morgan fingerprint density at radius 2 is 2.06 bits per heavy atom. The summed E-state index contributed by atoms with van der Waals surface area (Å²) in [7, 11) is 1.96. The molecule has 0 N–H and O–H groups in total. The highest BCUT2D eigenvalue weighted by molar-refractivity contribution is 6.29. The van der Waals surface area contributed by atoms with Crippen LogP contribution in [0, 0.1) is 25.2 Å². The van der Waals surface area contributed by atoms with Crippen molar-refractivity contribution in [2.24, 2.45) is 0 Å². The maximum Gasteiger partial charge on any atom is 0.196 e. The van der Waals surface area contributed by atoms with Crippen molar-refractivity contribution in [3.8, 4) is 28.9 Å². The van der Waals surface area contributed by atoms with Crippen LogP contribution in [0.3, 0.4) is 0 Å². The molecule has 1 aliphatic rings. The standard InChI is InChI=1S/C27H23ClN4O4/c1-14-9-18(16(3)35-21-5-6-23(28)31-20(21)12-29)26-19(10-14)24(33)15(2)25(36-26)17-11-22-27(30-13-17)32(4)7-8-34-22/h5-6,9-11,13,16H,7-8H2,1-4H3/t16-/m1/s1. The molecule has 0 aliphatic carbocycles. The maximum atomic E-state index is 13.5. The van der Waals surface area contributed by atoms with Crippen LogP contribution >= 0.6 is 11.6 Å². The summed E-state index contributed by atoms with van der Waals surface area (Å²) < 4.78 is 18.3. The first-order valence-corrected chi connectivity index (χ1v) is 11.8. The van der Waals surface area contributed by atoms with Crippen LogP contribution in [0.1, 0.15) is 35.4 Å². The summed E-state index contributed by atoms with van der Waals surface area (Å²) in [4.78, 5) is 24.0. The van der Waals surface area contributed by atoms with Gasteiger partial charge in [-0.3, -0.25) is 4.79 Å². The van der Waals surface area contributed by atoms with Gasteiger partial charge in [-0.2, -0.15) is 5.26 Å². The second kappa shape index (κ2) is 9.17. The van der Waals surface area contributed by atoms with E-state index in [2.05, 4.69) is 9.97 Å². The molecule has 0 saturated carbocycles. The van der Waals surface area contributed by atoms with Crippen LogP contribution in [0.2, 0.25) is 5.15 Å². The predicted molar refractivity (Wildman–Crippen MR) is 137 cm³/mol. The van der Waals surface area contributed by atoms with Crippen molar-refractivity contribution in [1.29, 1.82) is 5.26 Å². The van der Waals surface area contributed by atoms with Gasteiger partial charge in [-0.25, -0.2) is 9.97 Å². The zero-order valence-electron chi connectivity index (χ0n) is 20.3. The van der Waals surface area contributed by atoms with Crippen molar-refractivity contribution in [3.63, 3.8) is 0 Å². The highest BCUT2D eigenvalue weighted by Gasteiger charge is 2.23. The summed E-state index contributed by atoms with van der Waals surface area (Å²) in [5, 5.41) is 10.1. The minimum Gasteiger partial charge on any atom is -0.488 e. The lowest BCUT2D eigenvalue weighted by Crippen LogP contribution is -2.29. The quantitative estimate of drug-likeness (QED) is 0.344. The molecule has 0 amide bonds. The van der Waals surface area contributed by atoms with Crippen molar-refractivity contribution in [1.82, 2.24) is 9.97 Å². The van der Waals surface area contributed by atoms with Crippen molar-refractivity contribution < 1.29 is 13.9 Å². The molecular formula is C27H23ClN4O4. The number of likely N-dealkylation sites (N-methyl/N-ethyl adjacent to an activating group) is 1. The fourth-order valence-electron chi connectivity index (χ4n) is 4.35. The Hall–Kier alpha value is -4.09. The third-order valence-electron chi connectivity index (χ3n) is 6.20. The number of aromatic nitrogens is 2. The Labute approximate surface area is 212 Å². The molecule has 1 aromatic carbocycles. The molecule has 5 rings (SSSR count). The molecule has 1 atom stereocenters. The van der Waals surface area contributed by atoms with E-state index in [4.69, 9.17) is 25.5 Å². The third-order valence-corrected chi connectivity index (χ3v) is 6.42. The average Bonchev–Trinajstić information content (AvgIpc) is 2.87. The first-order chi connectivity index (χ1) is 17.3. The molecule has 0 saturated heterocycles. The maximum absolute atomic E-state index is 13.5. The topological polar surface area (TPSA) is 101 Å². The minimum absolute atomic E-state index is 0.0781. The molecule has 36 heavy (non-hydrogen) atoms. The van der Waals surface area contributed by atoms with E-state index in [9.17, 15) is 10.1 Å². The summed E-state index contributed by atoms with van der Waals surface area (Å²) >= 11 is 5.92. The second-order valence-corrected chi connectivity index (χ2v) is 9.17. The monoisotopic (exact) mass is 502 g/mol. The first-order valence-electron chi connectivity index (χ1n) is 11.4. The molecule has 0 fully saturated rings. The number of hydrogen-bond donors (Lipinski definition) is 0. The van der Waals surface area contributed by atoms with Gasteiger partial charge in [0.25, 0.3) is 0 Å². The van der Waals surface area contributed by atoms with E-state index in [1.807, 2.05) is 50.1 Å². The number of rotatable bonds is 4. The van der Waals surface area contributed by atoms with Gasteiger partial charge < -0.3 is 18.8 Å². The highest BCUT2D eigenvalue weighted by Crippen LogP contribution is 2.36. The van der Waals surface area contributed by atoms with Crippen LogP contribution in [0.25, 0.3) is 22.3 Å². The van der Waals surface area contributed by atoms with E-state index < -0.39 is 6.10 Å². The minimum atomic E-state index is -0.556. The predicted octanol–water partition coefficient (Wildman–Crippen LogP) is 5.36. The molecule has 0 bridgehead atoms. The van der Waals surface area contributed by atoms with Crippen LogP contribution in [-0.4, -0.2) is 30.2 Å². The number of anilines is 1. The van der Waals surface area contributed by atoms with Crippen LogP contribution in [0.5, 0.6) is 11.5 Å². The number of nitriles is 1. The summed E-state index contributed by atoms with van der Waals surface area (Å²) in [6.45, 7) is 6.78. The molecular weight excluding hydrogens is 480 g/mol. The zero-order valence-corrected chi connectivity index (χ0v) is 21.0. The van der Waals surface area contributed by atoms with E-state index in [1.165, 1.54) is 0 Å². The molecule has 9 heteroatoms. The van der Waals surface area contributed by atoms with E-state index in [-0.39, 0.29) is 16.3 Å². The van der Waals surface area contributed by atoms with Crippen molar-refractivity contribution in [2.45, 2.75) is 26.9 Å². The summed E-state index contributed by atoms with van der Waals surface area (Å²) in [6, 6.07) is 10.7. The Morgan fingerprint density at radius 1 is 1.25 bits per heavy atom. The lowest BCUT2D eigenvalue weighted by Gasteiger charge is -2.26. The number of fused-ring (bicyclic) bond motifs is 2. The normalized spacial score (nSPS) is 13.6. The number of aryl methyl sites for hydroxylation is 1. The summed E-state index contributed by atoms with van der Waals surface area (Å²) in [5.41, 5.74) is 3.04. The number of hydrogen-bond acceptors (Lipinski definition) is 8. The molecule has 0 radical (unpaired) electrons. The van der Waals surface area contributed by atoms with Crippen molar-refractivity contribution in [2.75, 3.05) is 25.1 Å². The SMILES string of the molecule is Cc1cc([C@@H](C)Oc2ccc(Cl)nc2C#N)c2oc(-c3cnc4c(c3)OCCN4C)c(C)c(=O)c2c1. The molecule has 182 valence electrons. The van der Waals surface area contributed by atoms with Crippen LogP contribution < -0.4 is 19.8 Å². The largest absolute Gasteiger partial charge is 0.488 e. The number of nitrogens with zero attached hydrogens (tertiary/aromatic N) is 4. The van der Waals surface area contributed by atoms with E-state index >= 15 is 0 Å². The zero-order chi connectivity index (χ0) is 25.6. The molecule has 0 spiro atoms. The second-order valence-electron chi connectivity index (χ2n) is 8.78. The summed E-state index contributed by atoms with van der Waals surface area (Å²) in [5.74, 6) is 2.10. The van der Waals surface area contributed by atoms with Gasteiger partial charge in [-0.1, -0.05) is 11.6 Å². The Balaban J connectivity index is 1.65. The Bertz CT molecular complexity index is 1610. The lowest BCUT2D eigenvalue weighted by molar-refractivity contribution is 0.225. The number of halogens is 1. The van der Waals surface area contributed by atoms with E-state index in [0.717, 1.165) is 17.9 Å². The molecule has 4 heterocycles. The third kappa shape index (κ3) is 4.12. The summed E-state index contributed by atoms with van der Waals surface area (Å²) in [6.07, 6.45) is 1.13. The van der Waals surface area contributed by atoms with E-state index in [0.29, 0.717) is 51.5 Å². The van der Waals surface area contributed by atoms with Gasteiger partial charge >= 0.3 is 0 Å². The Kier molecular flexibility index (Phi) is 6.02. The number of ether oxygens (including phenoxy) is 2. The van der Waals surface area contributed by atoms with Crippen LogP contribution in [-0.2, 0) is 0 Å². The Morgan fingerprint density at radius 3 is 2.83 bits per heavy atom. The highest BCUT2D eigenvalue weighted by atomic mass is 35.5. The van der Waals surface area contributed by atoms with Gasteiger partial charge in [-0.15, -0.1) is 0 Å². The van der Waals surface area contributed by atoms with Gasteiger partial charge in [0.2, 0.25) is 0 Å². The van der Waals surface area contributed by atoms with Crippen LogP contribution in [0.15, 0.2) is 45.7 Å². The lowest BCUT2D eigenvalue weighted by atomic mass is 10.00. The van der Waals surface area contributed by atoms with Gasteiger partial charge in [0, 0.05) is 29.9 Å². The fraction of sp³-hybridized carbons (Fsp3) is 0.259. The number of pyridine rings is 2. The molecule has 1 aliphatic heterocycles. The molecule has 4 aromatic rings. The van der Waals surface area contributed by atoms with Gasteiger partial charge in [0.1, 0.15) is 35.3 Å². The fourth-order valence-corrected chi connectivity index (χ4v) is 4.50. The first kappa shape index (κ1) is 23.6. The van der Waals surface area contributed by atoms with Crippen molar-refractivity contribution >= 4 is 28.4 Å². The molecule has 0 unspecified atom stereocenters. The van der Waals surface area contributed by atoms with Crippen molar-refractivity contribution in [3.05, 3.63) is 74.3 Å². The van der Waals surface area contributed by atoms with Gasteiger partial charge in [-0.05, 0) is 56.7 Å². The van der Waals surface area contributed by atoms with Crippen LogP contribution in [0.4, 0.5) is 5.82 Å². The van der Waals surface area contributed by atoms with E-state index in [1.54, 1.807) is 25.3 Å². The van der Waals surface area contributed by atoms with Gasteiger partial charge in [0.05, 0.1) is 11.9 Å². The molecule has 8 nitrogen and oxygen atoms in total. The number of benzene rings is 1.